The summed E-state index contributed by atoms with van der Waals surface area (Å²) in [6.07, 6.45) is 2.13. The van der Waals surface area contributed by atoms with Crippen LogP contribution in [0.5, 0.6) is 0 Å². The highest BCUT2D eigenvalue weighted by Gasteiger charge is 2.07. The number of rotatable bonds is 6. The highest BCUT2D eigenvalue weighted by Crippen LogP contribution is 2.12. The summed E-state index contributed by atoms with van der Waals surface area (Å²) >= 11 is 1.48. The molecule has 4 nitrogen and oxygen atoms in total. The summed E-state index contributed by atoms with van der Waals surface area (Å²) in [6.45, 7) is 5.73. The molecule has 0 aromatic carbocycles. The molecule has 1 aromatic heterocycles. The number of hydrogen-bond acceptors (Lipinski definition) is 5. The van der Waals surface area contributed by atoms with Gasteiger partial charge in [-0.15, -0.1) is 5.10 Å². The van der Waals surface area contributed by atoms with Crippen LogP contribution in [0.4, 0.5) is 0 Å². The molecule has 1 rings (SSSR count). The molecule has 1 aromatic rings. The van der Waals surface area contributed by atoms with Crippen molar-refractivity contribution in [1.29, 1.82) is 0 Å². The van der Waals surface area contributed by atoms with Crippen LogP contribution in [-0.2, 0) is 13.0 Å². The molecule has 0 bridgehead atoms. The first kappa shape index (κ1) is 11.6. The summed E-state index contributed by atoms with van der Waals surface area (Å²) in [6, 6.07) is 0.353. The zero-order valence-corrected chi connectivity index (χ0v) is 9.60. The Morgan fingerprint density at radius 1 is 1.57 bits per heavy atom. The molecule has 0 aliphatic heterocycles. The van der Waals surface area contributed by atoms with Crippen LogP contribution in [0, 0.1) is 0 Å². The molecule has 0 amide bonds. The quantitative estimate of drug-likeness (QED) is 0.739. The average Bonchev–Trinajstić information content (AvgIpc) is 2.62. The first-order valence-electron chi connectivity index (χ1n) is 5.01. The second kappa shape index (κ2) is 6.06. The van der Waals surface area contributed by atoms with Crippen molar-refractivity contribution in [2.75, 3.05) is 6.54 Å². The van der Waals surface area contributed by atoms with Crippen molar-refractivity contribution in [2.45, 2.75) is 39.3 Å². The van der Waals surface area contributed by atoms with E-state index in [1.54, 1.807) is 0 Å². The molecule has 3 N–H and O–H groups in total. The van der Waals surface area contributed by atoms with Gasteiger partial charge in [0.05, 0.1) is 10.6 Å². The second-order valence-corrected chi connectivity index (χ2v) is 4.25. The van der Waals surface area contributed by atoms with Crippen LogP contribution in [0.15, 0.2) is 0 Å². The van der Waals surface area contributed by atoms with Crippen LogP contribution in [0.25, 0.3) is 0 Å². The Bertz CT molecular complexity index is 261. The van der Waals surface area contributed by atoms with E-state index in [9.17, 15) is 0 Å². The molecule has 0 aliphatic rings. The predicted molar refractivity (Wildman–Crippen MR) is 59.3 cm³/mol. The average molecular weight is 214 g/mol. The van der Waals surface area contributed by atoms with Gasteiger partial charge in [-0.3, -0.25) is 0 Å². The predicted octanol–water partition coefficient (Wildman–Crippen LogP) is 0.927. The van der Waals surface area contributed by atoms with Gasteiger partial charge in [-0.1, -0.05) is 17.8 Å². The minimum Gasteiger partial charge on any atom is -0.329 e. The van der Waals surface area contributed by atoms with Crippen molar-refractivity contribution in [1.82, 2.24) is 14.9 Å². The zero-order chi connectivity index (χ0) is 10.4. The Balaban J connectivity index is 2.45. The lowest BCUT2D eigenvalue weighted by molar-refractivity contribution is 0.557. The van der Waals surface area contributed by atoms with Crippen molar-refractivity contribution in [3.05, 3.63) is 10.6 Å². The first-order valence-corrected chi connectivity index (χ1v) is 5.78. The van der Waals surface area contributed by atoms with Gasteiger partial charge in [0.2, 0.25) is 0 Å². The van der Waals surface area contributed by atoms with E-state index in [4.69, 9.17) is 5.73 Å². The summed E-state index contributed by atoms with van der Waals surface area (Å²) in [5, 5.41) is 7.45. The lowest BCUT2D eigenvalue weighted by Crippen LogP contribution is -2.32. The minimum atomic E-state index is 0.353. The van der Waals surface area contributed by atoms with Crippen molar-refractivity contribution in [2.24, 2.45) is 5.73 Å². The summed E-state index contributed by atoms with van der Waals surface area (Å²) in [4.78, 5) is 1.24. The zero-order valence-electron chi connectivity index (χ0n) is 8.79. The van der Waals surface area contributed by atoms with E-state index in [1.807, 2.05) is 0 Å². The van der Waals surface area contributed by atoms with Crippen LogP contribution in [0.1, 0.15) is 30.8 Å². The largest absolute Gasteiger partial charge is 0.329 e. The van der Waals surface area contributed by atoms with Crippen LogP contribution in [0.2, 0.25) is 0 Å². The van der Waals surface area contributed by atoms with Gasteiger partial charge in [0, 0.05) is 19.1 Å². The number of nitrogens with zero attached hydrogens (tertiary/aromatic N) is 2. The Labute approximate surface area is 89.1 Å². The van der Waals surface area contributed by atoms with E-state index in [0.29, 0.717) is 12.6 Å². The lowest BCUT2D eigenvalue weighted by atomic mass is 10.2. The number of nitrogens with two attached hydrogens (primary N) is 1. The maximum absolute atomic E-state index is 5.52. The molecule has 0 radical (unpaired) electrons. The monoisotopic (exact) mass is 214 g/mol. The lowest BCUT2D eigenvalue weighted by Gasteiger charge is -2.09. The molecular weight excluding hydrogens is 196 g/mol. The van der Waals surface area contributed by atoms with Gasteiger partial charge in [-0.25, -0.2) is 0 Å². The fraction of sp³-hybridized carbons (Fsp3) is 0.778. The summed E-state index contributed by atoms with van der Waals surface area (Å²) in [5.74, 6) is 0. The van der Waals surface area contributed by atoms with E-state index < -0.39 is 0 Å². The van der Waals surface area contributed by atoms with E-state index >= 15 is 0 Å². The summed E-state index contributed by atoms with van der Waals surface area (Å²) in [7, 11) is 0. The molecule has 0 fully saturated rings. The first-order chi connectivity index (χ1) is 6.77. The maximum Gasteiger partial charge on any atom is 0.0800 e. The Morgan fingerprint density at radius 3 is 3.00 bits per heavy atom. The number of hydrogen-bond donors (Lipinski definition) is 2. The number of aromatic nitrogens is 2. The third-order valence-electron chi connectivity index (χ3n) is 2.09. The van der Waals surface area contributed by atoms with E-state index in [2.05, 4.69) is 28.8 Å². The van der Waals surface area contributed by atoms with Crippen molar-refractivity contribution >= 4 is 11.5 Å². The molecule has 1 heterocycles. The molecule has 0 aliphatic carbocycles. The Kier molecular flexibility index (Phi) is 5.00. The molecule has 0 saturated carbocycles. The SMILES string of the molecule is CCCc1nnsc1CNC(C)CN. The van der Waals surface area contributed by atoms with Crippen LogP contribution in [0.3, 0.4) is 0 Å². The third-order valence-corrected chi connectivity index (χ3v) is 2.85. The van der Waals surface area contributed by atoms with Gasteiger partial charge in [-0.05, 0) is 24.9 Å². The molecule has 5 heteroatoms. The number of aryl methyl sites for hydroxylation is 1. The third kappa shape index (κ3) is 3.32. The summed E-state index contributed by atoms with van der Waals surface area (Å²) < 4.78 is 3.96. The van der Waals surface area contributed by atoms with Gasteiger partial charge in [0.25, 0.3) is 0 Å². The topological polar surface area (TPSA) is 63.8 Å². The van der Waals surface area contributed by atoms with Crippen molar-refractivity contribution in [3.63, 3.8) is 0 Å². The van der Waals surface area contributed by atoms with E-state index in [-0.39, 0.29) is 0 Å². The fourth-order valence-corrected chi connectivity index (χ4v) is 1.77. The van der Waals surface area contributed by atoms with Gasteiger partial charge in [0.15, 0.2) is 0 Å². The smallest absolute Gasteiger partial charge is 0.0800 e. The molecule has 14 heavy (non-hydrogen) atoms. The maximum atomic E-state index is 5.52. The fourth-order valence-electron chi connectivity index (χ4n) is 1.14. The van der Waals surface area contributed by atoms with Gasteiger partial charge in [0.1, 0.15) is 0 Å². The van der Waals surface area contributed by atoms with Crippen molar-refractivity contribution in [3.8, 4) is 0 Å². The van der Waals surface area contributed by atoms with E-state index in [0.717, 1.165) is 25.1 Å². The Hall–Kier alpha value is -0.520. The van der Waals surface area contributed by atoms with Gasteiger partial charge >= 0.3 is 0 Å². The molecule has 0 spiro atoms. The molecular formula is C9H18N4S. The Morgan fingerprint density at radius 2 is 2.36 bits per heavy atom. The number of nitrogens with one attached hydrogen (secondary N) is 1. The standard InChI is InChI=1S/C9H18N4S/c1-3-4-8-9(14-13-12-8)6-11-7(2)5-10/h7,11H,3-6,10H2,1-2H3. The second-order valence-electron chi connectivity index (χ2n) is 3.41. The van der Waals surface area contributed by atoms with Crippen LogP contribution in [-0.4, -0.2) is 22.2 Å². The van der Waals surface area contributed by atoms with Crippen LogP contribution >= 0.6 is 11.5 Å². The van der Waals surface area contributed by atoms with Gasteiger partial charge in [-0.2, -0.15) is 0 Å². The molecule has 80 valence electrons. The summed E-state index contributed by atoms with van der Waals surface area (Å²) in [5.41, 5.74) is 6.65. The molecule has 0 saturated heterocycles. The van der Waals surface area contributed by atoms with Crippen LogP contribution < -0.4 is 11.1 Å². The normalized spacial score (nSPS) is 13.1. The molecule has 1 unspecified atom stereocenters. The van der Waals surface area contributed by atoms with Crippen molar-refractivity contribution < 1.29 is 0 Å². The molecule has 1 atom stereocenters. The van der Waals surface area contributed by atoms with Gasteiger partial charge < -0.3 is 11.1 Å². The van der Waals surface area contributed by atoms with E-state index in [1.165, 1.54) is 16.4 Å². The minimum absolute atomic E-state index is 0.353. The highest BCUT2D eigenvalue weighted by molar-refractivity contribution is 7.05. The highest BCUT2D eigenvalue weighted by atomic mass is 32.1.